The summed E-state index contributed by atoms with van der Waals surface area (Å²) in [5.74, 6) is -0.948. The number of aromatic nitrogens is 1. The van der Waals surface area contributed by atoms with Crippen molar-refractivity contribution in [3.8, 4) is 0 Å². The molecule has 0 spiro atoms. The van der Waals surface area contributed by atoms with Crippen molar-refractivity contribution in [1.82, 2.24) is 14.8 Å². The molecule has 0 saturated carbocycles. The van der Waals surface area contributed by atoms with E-state index in [1.807, 2.05) is 17.0 Å². The second kappa shape index (κ2) is 7.48. The molecule has 1 aliphatic rings. The lowest BCUT2D eigenvalue weighted by Gasteiger charge is -2.39. The van der Waals surface area contributed by atoms with E-state index >= 15 is 0 Å². The molecule has 8 heteroatoms. The lowest BCUT2D eigenvalue weighted by molar-refractivity contribution is -0.145. The molecule has 1 unspecified atom stereocenters. The minimum absolute atomic E-state index is 0.108. The lowest BCUT2D eigenvalue weighted by atomic mass is 10.1. The number of aliphatic carboxylic acids is 1. The maximum atomic E-state index is 12.2. The number of carbonyl (C=O) groups excluding carboxylic acids is 1. The van der Waals surface area contributed by atoms with E-state index < -0.39 is 23.7 Å². The predicted molar refractivity (Wildman–Crippen MR) is 91.6 cm³/mol. The molecule has 7 nitrogen and oxygen atoms in total. The van der Waals surface area contributed by atoms with Crippen molar-refractivity contribution in [2.75, 3.05) is 19.6 Å². The van der Waals surface area contributed by atoms with E-state index in [1.54, 1.807) is 27.0 Å². The first-order valence-electron chi connectivity index (χ1n) is 7.71. The van der Waals surface area contributed by atoms with Crippen molar-refractivity contribution < 1.29 is 19.4 Å². The highest BCUT2D eigenvalue weighted by molar-refractivity contribution is 9.10. The molecule has 1 amide bonds. The van der Waals surface area contributed by atoms with Gasteiger partial charge in [0.05, 0.1) is 6.54 Å². The summed E-state index contributed by atoms with van der Waals surface area (Å²) in [6.45, 7) is 6.86. The third-order valence-electron chi connectivity index (χ3n) is 3.60. The SMILES string of the molecule is CC(C)(C)OC(=O)N1CCN(Cc2ccnc(Br)c2)C(C(=O)O)C1. The Balaban J connectivity index is 2.05. The Labute approximate surface area is 149 Å². The molecule has 1 aliphatic heterocycles. The van der Waals surface area contributed by atoms with Gasteiger partial charge in [-0.1, -0.05) is 0 Å². The summed E-state index contributed by atoms with van der Waals surface area (Å²) >= 11 is 3.31. The molecule has 0 aliphatic carbocycles. The third kappa shape index (κ3) is 5.17. The maximum absolute atomic E-state index is 12.2. The van der Waals surface area contributed by atoms with Gasteiger partial charge in [-0.25, -0.2) is 9.78 Å². The molecule has 0 bridgehead atoms. The smallest absolute Gasteiger partial charge is 0.410 e. The summed E-state index contributed by atoms with van der Waals surface area (Å²) in [6, 6.07) is 2.95. The number of pyridine rings is 1. The summed E-state index contributed by atoms with van der Waals surface area (Å²) in [5.41, 5.74) is 0.366. The monoisotopic (exact) mass is 399 g/mol. The fourth-order valence-corrected chi connectivity index (χ4v) is 2.92. The van der Waals surface area contributed by atoms with E-state index in [-0.39, 0.29) is 6.54 Å². The molecule has 2 heterocycles. The first-order chi connectivity index (χ1) is 11.2. The number of carboxylic acid groups (broad SMARTS) is 1. The summed E-state index contributed by atoms with van der Waals surface area (Å²) in [4.78, 5) is 31.2. The van der Waals surface area contributed by atoms with Crippen LogP contribution in [0.3, 0.4) is 0 Å². The average Bonchev–Trinajstić information content (AvgIpc) is 2.45. The van der Waals surface area contributed by atoms with Crippen molar-refractivity contribution in [2.24, 2.45) is 0 Å². The molecule has 2 rings (SSSR count). The van der Waals surface area contributed by atoms with E-state index in [0.29, 0.717) is 24.2 Å². The van der Waals surface area contributed by atoms with Crippen LogP contribution in [0, 0.1) is 0 Å². The van der Waals surface area contributed by atoms with Gasteiger partial charge in [-0.15, -0.1) is 0 Å². The number of rotatable bonds is 3. The van der Waals surface area contributed by atoms with Crippen molar-refractivity contribution in [3.63, 3.8) is 0 Å². The Morgan fingerprint density at radius 2 is 2.12 bits per heavy atom. The molecule has 1 N–H and O–H groups in total. The molecular formula is C16H22BrN3O4. The summed E-state index contributed by atoms with van der Waals surface area (Å²) in [5, 5.41) is 9.53. The number of carbonyl (C=O) groups is 2. The Hall–Kier alpha value is -1.67. The van der Waals surface area contributed by atoms with Crippen LogP contribution in [0.15, 0.2) is 22.9 Å². The molecule has 1 aromatic rings. The number of amides is 1. The fourth-order valence-electron chi connectivity index (χ4n) is 2.51. The molecule has 1 saturated heterocycles. The molecule has 1 atom stereocenters. The number of carboxylic acids is 1. The number of nitrogens with zero attached hydrogens (tertiary/aromatic N) is 3. The summed E-state index contributed by atoms with van der Waals surface area (Å²) < 4.78 is 6.04. The zero-order valence-corrected chi connectivity index (χ0v) is 15.6. The van der Waals surface area contributed by atoms with Gasteiger partial charge in [0, 0.05) is 25.8 Å². The van der Waals surface area contributed by atoms with Gasteiger partial charge in [-0.2, -0.15) is 0 Å². The highest BCUT2D eigenvalue weighted by Gasteiger charge is 2.35. The van der Waals surface area contributed by atoms with E-state index in [0.717, 1.165) is 5.56 Å². The summed E-state index contributed by atoms with van der Waals surface area (Å²) in [7, 11) is 0. The maximum Gasteiger partial charge on any atom is 0.410 e. The first kappa shape index (κ1) is 18.7. The topological polar surface area (TPSA) is 83.0 Å². The van der Waals surface area contributed by atoms with Crippen LogP contribution in [0.1, 0.15) is 26.3 Å². The highest BCUT2D eigenvalue weighted by atomic mass is 79.9. The molecule has 1 aromatic heterocycles. The van der Waals surface area contributed by atoms with Gasteiger partial charge in [0.15, 0.2) is 0 Å². The van der Waals surface area contributed by atoms with Crippen LogP contribution in [0.4, 0.5) is 4.79 Å². The first-order valence-corrected chi connectivity index (χ1v) is 8.50. The van der Waals surface area contributed by atoms with E-state index in [2.05, 4.69) is 20.9 Å². The van der Waals surface area contributed by atoms with Gasteiger partial charge in [0.1, 0.15) is 16.2 Å². The molecule has 0 aromatic carbocycles. The van der Waals surface area contributed by atoms with Crippen LogP contribution >= 0.6 is 15.9 Å². The second-order valence-electron chi connectivity index (χ2n) is 6.74. The molecule has 1 fully saturated rings. The quantitative estimate of drug-likeness (QED) is 0.785. The average molecular weight is 400 g/mol. The van der Waals surface area contributed by atoms with E-state index in [1.165, 1.54) is 4.90 Å². The van der Waals surface area contributed by atoms with Crippen molar-refractivity contribution in [2.45, 2.75) is 39.0 Å². The standard InChI is InChI=1S/C16H22BrN3O4/c1-16(2,3)24-15(23)20-7-6-19(12(10-20)14(21)22)9-11-4-5-18-13(17)8-11/h4-5,8,12H,6-7,9-10H2,1-3H3,(H,21,22). The molecular weight excluding hydrogens is 378 g/mol. The second-order valence-corrected chi connectivity index (χ2v) is 7.55. The van der Waals surface area contributed by atoms with Crippen LogP contribution in [0.5, 0.6) is 0 Å². The van der Waals surface area contributed by atoms with Gasteiger partial charge in [0.25, 0.3) is 0 Å². The van der Waals surface area contributed by atoms with Crippen LogP contribution < -0.4 is 0 Å². The zero-order chi connectivity index (χ0) is 17.9. The fraction of sp³-hybridized carbons (Fsp3) is 0.562. The minimum Gasteiger partial charge on any atom is -0.480 e. The number of ether oxygens (including phenoxy) is 1. The highest BCUT2D eigenvalue weighted by Crippen LogP contribution is 2.18. The van der Waals surface area contributed by atoms with Crippen molar-refractivity contribution in [1.29, 1.82) is 0 Å². The van der Waals surface area contributed by atoms with Gasteiger partial charge >= 0.3 is 12.1 Å². The Morgan fingerprint density at radius 1 is 1.42 bits per heavy atom. The largest absolute Gasteiger partial charge is 0.480 e. The number of halogens is 1. The van der Waals surface area contributed by atoms with Crippen LogP contribution in [0.25, 0.3) is 0 Å². The Bertz CT molecular complexity index is 618. The number of piperazine rings is 1. The van der Waals surface area contributed by atoms with Crippen LogP contribution in [0.2, 0.25) is 0 Å². The van der Waals surface area contributed by atoms with Crippen LogP contribution in [-0.4, -0.2) is 63.2 Å². The Kier molecular flexibility index (Phi) is 5.82. The molecule has 24 heavy (non-hydrogen) atoms. The lowest BCUT2D eigenvalue weighted by Crippen LogP contribution is -2.57. The van der Waals surface area contributed by atoms with Gasteiger partial charge < -0.3 is 14.7 Å². The predicted octanol–water partition coefficient (Wildman–Crippen LogP) is 2.35. The normalized spacial score (nSPS) is 19.2. The third-order valence-corrected chi connectivity index (χ3v) is 4.04. The molecule has 0 radical (unpaired) electrons. The summed E-state index contributed by atoms with van der Waals surface area (Å²) in [6.07, 6.45) is 1.20. The number of hydrogen-bond donors (Lipinski definition) is 1. The minimum atomic E-state index is -0.948. The Morgan fingerprint density at radius 3 is 2.71 bits per heavy atom. The van der Waals surface area contributed by atoms with Gasteiger partial charge in [0.2, 0.25) is 0 Å². The van der Waals surface area contributed by atoms with Gasteiger partial charge in [-0.3, -0.25) is 9.69 Å². The van der Waals surface area contributed by atoms with Gasteiger partial charge in [-0.05, 0) is 54.4 Å². The van der Waals surface area contributed by atoms with E-state index in [4.69, 9.17) is 4.74 Å². The van der Waals surface area contributed by atoms with Crippen LogP contribution in [-0.2, 0) is 16.1 Å². The van der Waals surface area contributed by atoms with Crippen molar-refractivity contribution >= 4 is 28.0 Å². The zero-order valence-electron chi connectivity index (χ0n) is 14.0. The molecule has 132 valence electrons. The van der Waals surface area contributed by atoms with E-state index in [9.17, 15) is 14.7 Å². The number of hydrogen-bond acceptors (Lipinski definition) is 5. The van der Waals surface area contributed by atoms with Crippen molar-refractivity contribution in [3.05, 3.63) is 28.5 Å².